The van der Waals surface area contributed by atoms with Gasteiger partial charge in [-0.2, -0.15) is 0 Å². The lowest BCUT2D eigenvalue weighted by Crippen LogP contribution is -2.17. The van der Waals surface area contributed by atoms with Gasteiger partial charge >= 0.3 is 5.97 Å². The quantitative estimate of drug-likeness (QED) is 0.850. The SMILES string of the molecule is COc1ccc(F)cc1CS(=O)(=O)CC(=O)O. The van der Waals surface area contributed by atoms with E-state index >= 15 is 0 Å². The highest BCUT2D eigenvalue weighted by Crippen LogP contribution is 2.21. The van der Waals surface area contributed by atoms with Crippen molar-refractivity contribution in [3.8, 4) is 5.75 Å². The smallest absolute Gasteiger partial charge is 0.318 e. The molecule has 0 aliphatic carbocycles. The van der Waals surface area contributed by atoms with Gasteiger partial charge < -0.3 is 9.84 Å². The summed E-state index contributed by atoms with van der Waals surface area (Å²) in [5.41, 5.74) is 0.105. The Bertz CT molecular complexity index is 523. The molecule has 1 aromatic carbocycles. The van der Waals surface area contributed by atoms with Gasteiger partial charge in [0, 0.05) is 5.56 Å². The summed E-state index contributed by atoms with van der Waals surface area (Å²) in [4.78, 5) is 10.3. The van der Waals surface area contributed by atoms with Gasteiger partial charge in [0.15, 0.2) is 9.84 Å². The number of methoxy groups -OCH3 is 1. The molecule has 5 nitrogen and oxygen atoms in total. The zero-order valence-electron chi connectivity index (χ0n) is 9.01. The Morgan fingerprint density at radius 3 is 2.65 bits per heavy atom. The third-order valence-electron chi connectivity index (χ3n) is 1.96. The van der Waals surface area contributed by atoms with Crippen LogP contribution in [-0.2, 0) is 20.4 Å². The molecule has 1 rings (SSSR count). The second-order valence-electron chi connectivity index (χ2n) is 3.38. The highest BCUT2D eigenvalue weighted by atomic mass is 32.2. The van der Waals surface area contributed by atoms with Crippen molar-refractivity contribution in [3.05, 3.63) is 29.6 Å². The minimum Gasteiger partial charge on any atom is -0.496 e. The van der Waals surface area contributed by atoms with Crippen LogP contribution in [0.1, 0.15) is 5.56 Å². The fourth-order valence-corrected chi connectivity index (χ4v) is 2.51. The van der Waals surface area contributed by atoms with Crippen molar-refractivity contribution in [2.24, 2.45) is 0 Å². The van der Waals surface area contributed by atoms with E-state index in [1.165, 1.54) is 13.2 Å². The summed E-state index contributed by atoms with van der Waals surface area (Å²) in [5, 5.41) is 8.42. The van der Waals surface area contributed by atoms with E-state index in [1.807, 2.05) is 0 Å². The molecule has 0 fully saturated rings. The lowest BCUT2D eigenvalue weighted by molar-refractivity contribution is -0.134. The van der Waals surface area contributed by atoms with Gasteiger partial charge in [-0.25, -0.2) is 12.8 Å². The molecule has 1 aromatic rings. The molecular formula is C10H11FO5S. The summed E-state index contributed by atoms with van der Waals surface area (Å²) in [6.45, 7) is 0. The lowest BCUT2D eigenvalue weighted by atomic mass is 10.2. The van der Waals surface area contributed by atoms with Crippen LogP contribution in [0, 0.1) is 5.82 Å². The summed E-state index contributed by atoms with van der Waals surface area (Å²) in [6, 6.07) is 3.44. The second kappa shape index (κ2) is 5.13. The minimum absolute atomic E-state index is 0.105. The number of aliphatic carboxylic acids is 1. The normalized spacial score (nSPS) is 11.2. The average molecular weight is 262 g/mol. The minimum atomic E-state index is -3.83. The number of benzene rings is 1. The summed E-state index contributed by atoms with van der Waals surface area (Å²) >= 11 is 0. The van der Waals surface area contributed by atoms with Crippen molar-refractivity contribution in [2.75, 3.05) is 12.9 Å². The maximum Gasteiger partial charge on any atom is 0.318 e. The van der Waals surface area contributed by atoms with Crippen molar-refractivity contribution in [1.82, 2.24) is 0 Å². The van der Waals surface area contributed by atoms with Crippen molar-refractivity contribution >= 4 is 15.8 Å². The van der Waals surface area contributed by atoms with Gasteiger partial charge in [0.25, 0.3) is 0 Å². The van der Waals surface area contributed by atoms with Crippen LogP contribution in [0.25, 0.3) is 0 Å². The van der Waals surface area contributed by atoms with Crippen LogP contribution in [0.5, 0.6) is 5.75 Å². The number of rotatable bonds is 5. The van der Waals surface area contributed by atoms with E-state index < -0.39 is 33.1 Å². The zero-order chi connectivity index (χ0) is 13.1. The summed E-state index contributed by atoms with van der Waals surface area (Å²) < 4.78 is 40.7. The van der Waals surface area contributed by atoms with E-state index in [-0.39, 0.29) is 11.3 Å². The Hall–Kier alpha value is -1.63. The second-order valence-corrected chi connectivity index (χ2v) is 5.45. The van der Waals surface area contributed by atoms with Crippen LogP contribution in [0.3, 0.4) is 0 Å². The third-order valence-corrected chi connectivity index (χ3v) is 3.40. The van der Waals surface area contributed by atoms with E-state index in [2.05, 4.69) is 0 Å². The molecule has 7 heteroatoms. The van der Waals surface area contributed by atoms with Crippen LogP contribution >= 0.6 is 0 Å². The number of ether oxygens (including phenoxy) is 1. The molecule has 0 saturated carbocycles. The predicted octanol–water partition coefficient (Wildman–Crippen LogP) is 0.834. The Morgan fingerprint density at radius 2 is 2.12 bits per heavy atom. The summed E-state index contributed by atoms with van der Waals surface area (Å²) in [5.74, 6) is -3.40. The van der Waals surface area contributed by atoms with Gasteiger partial charge in [-0.15, -0.1) is 0 Å². The van der Waals surface area contributed by atoms with Gasteiger partial charge in [0.05, 0.1) is 12.9 Å². The van der Waals surface area contributed by atoms with Gasteiger partial charge in [0.2, 0.25) is 0 Å². The Kier molecular flexibility index (Phi) is 4.06. The van der Waals surface area contributed by atoms with Gasteiger partial charge in [-0.05, 0) is 18.2 Å². The van der Waals surface area contributed by atoms with E-state index in [4.69, 9.17) is 9.84 Å². The molecule has 17 heavy (non-hydrogen) atoms. The van der Waals surface area contributed by atoms with Crippen molar-refractivity contribution in [1.29, 1.82) is 0 Å². The van der Waals surface area contributed by atoms with Crippen molar-refractivity contribution in [3.63, 3.8) is 0 Å². The molecule has 0 amide bonds. The molecule has 0 aromatic heterocycles. The number of halogens is 1. The molecule has 0 aliphatic rings. The number of sulfone groups is 1. The molecule has 0 bridgehead atoms. The van der Waals surface area contributed by atoms with Crippen LogP contribution in [0.15, 0.2) is 18.2 Å². The van der Waals surface area contributed by atoms with E-state index in [0.717, 1.165) is 12.1 Å². The van der Waals surface area contributed by atoms with Crippen LogP contribution in [-0.4, -0.2) is 32.4 Å². The molecule has 1 N–H and O–H groups in total. The number of hydrogen-bond donors (Lipinski definition) is 1. The fourth-order valence-electron chi connectivity index (χ4n) is 1.34. The third kappa shape index (κ3) is 4.03. The first-order valence-electron chi connectivity index (χ1n) is 4.58. The monoisotopic (exact) mass is 262 g/mol. The molecule has 0 heterocycles. The highest BCUT2D eigenvalue weighted by Gasteiger charge is 2.19. The number of carboxylic acids is 1. The largest absolute Gasteiger partial charge is 0.496 e. The Balaban J connectivity index is 3.02. The topological polar surface area (TPSA) is 80.7 Å². The van der Waals surface area contributed by atoms with Crippen LogP contribution < -0.4 is 4.74 Å². The average Bonchev–Trinajstić information content (AvgIpc) is 2.14. The van der Waals surface area contributed by atoms with Gasteiger partial charge in [0.1, 0.15) is 17.3 Å². The van der Waals surface area contributed by atoms with E-state index in [1.54, 1.807) is 0 Å². The maximum atomic E-state index is 13.0. The highest BCUT2D eigenvalue weighted by molar-refractivity contribution is 7.91. The standard InChI is InChI=1S/C10H11FO5S/c1-16-9-3-2-8(11)4-7(9)5-17(14,15)6-10(12)13/h2-4H,5-6H2,1H3,(H,12,13). The molecule has 94 valence electrons. The molecule has 0 saturated heterocycles. The maximum absolute atomic E-state index is 13.0. The number of hydrogen-bond acceptors (Lipinski definition) is 4. The first-order valence-corrected chi connectivity index (χ1v) is 6.41. The van der Waals surface area contributed by atoms with Crippen molar-refractivity contribution < 1.29 is 27.4 Å². The van der Waals surface area contributed by atoms with E-state index in [0.29, 0.717) is 0 Å². The summed E-state index contributed by atoms with van der Waals surface area (Å²) in [7, 11) is -2.51. The first kappa shape index (κ1) is 13.4. The first-order chi connectivity index (χ1) is 7.84. The zero-order valence-corrected chi connectivity index (χ0v) is 9.83. The Morgan fingerprint density at radius 1 is 1.47 bits per heavy atom. The Labute approximate surface area is 97.8 Å². The molecule has 0 atom stereocenters. The molecule has 0 radical (unpaired) electrons. The predicted molar refractivity (Wildman–Crippen MR) is 58.1 cm³/mol. The van der Waals surface area contributed by atoms with Gasteiger partial charge in [-0.3, -0.25) is 4.79 Å². The fraction of sp³-hybridized carbons (Fsp3) is 0.300. The molecule has 0 unspecified atom stereocenters. The molecule has 0 aliphatic heterocycles. The number of carboxylic acid groups (broad SMARTS) is 1. The van der Waals surface area contributed by atoms with Crippen LogP contribution in [0.4, 0.5) is 4.39 Å². The van der Waals surface area contributed by atoms with Gasteiger partial charge in [-0.1, -0.05) is 0 Å². The van der Waals surface area contributed by atoms with Crippen LogP contribution in [0.2, 0.25) is 0 Å². The van der Waals surface area contributed by atoms with E-state index in [9.17, 15) is 17.6 Å². The molecular weight excluding hydrogens is 251 g/mol. The number of carbonyl (C=O) groups is 1. The molecule has 0 spiro atoms. The summed E-state index contributed by atoms with van der Waals surface area (Å²) in [6.07, 6.45) is 0. The van der Waals surface area contributed by atoms with Crippen molar-refractivity contribution in [2.45, 2.75) is 5.75 Å². The lowest BCUT2D eigenvalue weighted by Gasteiger charge is -2.08.